The molecule has 0 spiro atoms. The molecule has 0 aromatic heterocycles. The Hall–Kier alpha value is -1.01. The topological polar surface area (TPSA) is 69.6 Å². The van der Waals surface area contributed by atoms with Crippen molar-refractivity contribution in [2.45, 2.75) is 24.6 Å². The second-order valence-electron chi connectivity index (χ2n) is 3.90. The summed E-state index contributed by atoms with van der Waals surface area (Å²) >= 11 is 1.30. The summed E-state index contributed by atoms with van der Waals surface area (Å²) in [4.78, 5) is 24.3. The van der Waals surface area contributed by atoms with Crippen molar-refractivity contribution < 1.29 is 14.7 Å². The number of carboxylic acid groups (broad SMARTS) is 1. The number of piperidine rings is 1. The zero-order valence-electron chi connectivity index (χ0n) is 8.81. The van der Waals surface area contributed by atoms with Crippen molar-refractivity contribution in [1.82, 2.24) is 10.2 Å². The molecular weight excluding hydrogens is 228 g/mol. The maximum atomic E-state index is 11.7. The lowest BCUT2D eigenvalue weighted by Crippen LogP contribution is -2.42. The average Bonchev–Trinajstić information content (AvgIpc) is 2.60. The largest absolute Gasteiger partial charge is 0.478 e. The summed E-state index contributed by atoms with van der Waals surface area (Å²) in [5.74, 6) is -1.12. The van der Waals surface area contributed by atoms with E-state index in [4.69, 9.17) is 5.11 Å². The van der Waals surface area contributed by atoms with Crippen molar-refractivity contribution in [3.63, 3.8) is 0 Å². The minimum Gasteiger partial charge on any atom is -0.478 e. The number of hydrogen-bond acceptors (Lipinski definition) is 4. The Balaban J connectivity index is 2.01. The fourth-order valence-electron chi connectivity index (χ4n) is 1.96. The van der Waals surface area contributed by atoms with E-state index < -0.39 is 5.97 Å². The Bertz CT molecular complexity index is 337. The average molecular weight is 242 g/mol. The van der Waals surface area contributed by atoms with E-state index in [1.54, 1.807) is 0 Å². The van der Waals surface area contributed by atoms with Crippen LogP contribution in [0.5, 0.6) is 0 Å². The molecule has 2 fully saturated rings. The Kier molecular flexibility index (Phi) is 3.50. The van der Waals surface area contributed by atoms with Crippen molar-refractivity contribution >= 4 is 23.6 Å². The maximum Gasteiger partial charge on any atom is 0.330 e. The molecule has 0 aromatic rings. The molecule has 2 aliphatic heterocycles. The molecule has 6 heteroatoms. The van der Waals surface area contributed by atoms with Crippen LogP contribution in [-0.2, 0) is 9.59 Å². The molecule has 88 valence electrons. The van der Waals surface area contributed by atoms with Crippen LogP contribution in [0.1, 0.15) is 19.3 Å². The number of aliphatic carboxylic acids is 1. The number of nitrogens with one attached hydrogen (secondary N) is 1. The van der Waals surface area contributed by atoms with Crippen LogP contribution in [-0.4, -0.2) is 40.3 Å². The fourth-order valence-corrected chi connectivity index (χ4v) is 3.06. The van der Waals surface area contributed by atoms with Crippen molar-refractivity contribution in [2.24, 2.45) is 0 Å². The molecule has 2 aliphatic rings. The highest BCUT2D eigenvalue weighted by Crippen LogP contribution is 2.30. The summed E-state index contributed by atoms with van der Waals surface area (Å²) in [5, 5.41) is 11.4. The standard InChI is InChI=1S/C10H14N2O3S/c13-8(14)6-7-11-9(15)10(16-7)12-4-2-1-3-5-12/h6,10H,1-5H2,(H,11,15)(H,13,14). The van der Waals surface area contributed by atoms with Gasteiger partial charge in [-0.2, -0.15) is 0 Å². The number of carbonyl (C=O) groups excluding carboxylic acids is 1. The summed E-state index contributed by atoms with van der Waals surface area (Å²) in [5.41, 5.74) is 0. The van der Waals surface area contributed by atoms with Gasteiger partial charge in [0.25, 0.3) is 5.91 Å². The molecule has 0 radical (unpaired) electrons. The van der Waals surface area contributed by atoms with Gasteiger partial charge in [-0.1, -0.05) is 18.2 Å². The van der Waals surface area contributed by atoms with Crippen LogP contribution >= 0.6 is 11.8 Å². The summed E-state index contributed by atoms with van der Waals surface area (Å²) < 4.78 is 0. The van der Waals surface area contributed by atoms with Gasteiger partial charge in [-0.15, -0.1) is 0 Å². The molecule has 0 aromatic carbocycles. The first kappa shape index (κ1) is 11.5. The third kappa shape index (κ3) is 2.56. The SMILES string of the molecule is O=C(O)C=C1NC(=O)C(N2CCCCC2)S1. The van der Waals surface area contributed by atoms with Crippen LogP contribution in [0.25, 0.3) is 0 Å². The minimum atomic E-state index is -1.03. The van der Waals surface area contributed by atoms with Crippen LogP contribution in [0, 0.1) is 0 Å². The normalized spacial score (nSPS) is 29.4. The van der Waals surface area contributed by atoms with Gasteiger partial charge in [0, 0.05) is 0 Å². The lowest BCUT2D eigenvalue weighted by Gasteiger charge is -2.29. The smallest absolute Gasteiger partial charge is 0.330 e. The zero-order chi connectivity index (χ0) is 11.5. The molecule has 0 saturated carbocycles. The third-order valence-electron chi connectivity index (χ3n) is 2.69. The molecule has 0 bridgehead atoms. The Labute approximate surface area is 97.9 Å². The summed E-state index contributed by atoms with van der Waals surface area (Å²) in [6.07, 6.45) is 4.49. The number of amides is 1. The molecule has 16 heavy (non-hydrogen) atoms. The highest BCUT2D eigenvalue weighted by molar-refractivity contribution is 8.04. The molecule has 2 rings (SSSR count). The van der Waals surface area contributed by atoms with Crippen LogP contribution in [0.4, 0.5) is 0 Å². The van der Waals surface area contributed by atoms with Gasteiger partial charge in [-0.3, -0.25) is 9.69 Å². The summed E-state index contributed by atoms with van der Waals surface area (Å²) in [7, 11) is 0. The van der Waals surface area contributed by atoms with Gasteiger partial charge in [-0.05, 0) is 25.9 Å². The van der Waals surface area contributed by atoms with Crippen molar-refractivity contribution in [3.05, 3.63) is 11.1 Å². The van der Waals surface area contributed by atoms with Gasteiger partial charge in [0.15, 0.2) is 0 Å². The minimum absolute atomic E-state index is 0.0978. The zero-order valence-corrected chi connectivity index (χ0v) is 9.63. The van der Waals surface area contributed by atoms with E-state index >= 15 is 0 Å². The number of thioether (sulfide) groups is 1. The lowest BCUT2D eigenvalue weighted by atomic mass is 10.1. The van der Waals surface area contributed by atoms with E-state index in [1.807, 2.05) is 0 Å². The first-order valence-electron chi connectivity index (χ1n) is 5.33. The van der Waals surface area contributed by atoms with Gasteiger partial charge >= 0.3 is 5.97 Å². The highest BCUT2D eigenvalue weighted by Gasteiger charge is 2.34. The number of carbonyl (C=O) groups is 2. The van der Waals surface area contributed by atoms with E-state index in [9.17, 15) is 9.59 Å². The van der Waals surface area contributed by atoms with Crippen LogP contribution in [0.15, 0.2) is 11.1 Å². The van der Waals surface area contributed by atoms with Gasteiger partial charge in [0.05, 0.1) is 11.1 Å². The summed E-state index contributed by atoms with van der Waals surface area (Å²) in [6, 6.07) is 0. The molecule has 2 N–H and O–H groups in total. The summed E-state index contributed by atoms with van der Waals surface area (Å²) in [6.45, 7) is 1.84. The van der Waals surface area contributed by atoms with Gasteiger partial charge < -0.3 is 10.4 Å². The molecule has 0 aliphatic carbocycles. The van der Waals surface area contributed by atoms with Crippen LogP contribution in [0.3, 0.4) is 0 Å². The first-order valence-corrected chi connectivity index (χ1v) is 6.21. The van der Waals surface area contributed by atoms with Crippen molar-refractivity contribution in [3.8, 4) is 0 Å². The predicted molar refractivity (Wildman–Crippen MR) is 60.7 cm³/mol. The molecule has 2 heterocycles. The molecule has 1 unspecified atom stereocenters. The van der Waals surface area contributed by atoms with Gasteiger partial charge in [0.2, 0.25) is 0 Å². The quantitative estimate of drug-likeness (QED) is 0.693. The highest BCUT2D eigenvalue weighted by atomic mass is 32.2. The first-order chi connectivity index (χ1) is 7.66. The van der Waals surface area contributed by atoms with E-state index in [0.29, 0.717) is 5.03 Å². The number of carboxylic acids is 1. The second-order valence-corrected chi connectivity index (χ2v) is 5.02. The number of rotatable bonds is 2. The maximum absolute atomic E-state index is 11.7. The number of likely N-dealkylation sites (tertiary alicyclic amines) is 1. The lowest BCUT2D eigenvalue weighted by molar-refractivity contribution is -0.131. The van der Waals surface area contributed by atoms with E-state index in [2.05, 4.69) is 10.2 Å². The third-order valence-corrected chi connectivity index (χ3v) is 3.90. The molecule has 1 atom stereocenters. The predicted octanol–water partition coefficient (Wildman–Crippen LogP) is 0.587. The van der Waals surface area contributed by atoms with Crippen LogP contribution < -0.4 is 5.32 Å². The fraction of sp³-hybridized carbons (Fsp3) is 0.600. The molecular formula is C10H14N2O3S. The molecule has 1 amide bonds. The van der Waals surface area contributed by atoms with Crippen molar-refractivity contribution in [2.75, 3.05) is 13.1 Å². The molecule has 2 saturated heterocycles. The second kappa shape index (κ2) is 4.88. The van der Waals surface area contributed by atoms with Crippen LogP contribution in [0.2, 0.25) is 0 Å². The van der Waals surface area contributed by atoms with E-state index in [0.717, 1.165) is 32.0 Å². The Morgan fingerprint density at radius 3 is 2.75 bits per heavy atom. The van der Waals surface area contributed by atoms with E-state index in [1.165, 1.54) is 18.2 Å². The van der Waals surface area contributed by atoms with E-state index in [-0.39, 0.29) is 11.3 Å². The monoisotopic (exact) mass is 242 g/mol. The Morgan fingerprint density at radius 1 is 1.44 bits per heavy atom. The number of nitrogens with zero attached hydrogens (tertiary/aromatic N) is 1. The molecule has 5 nitrogen and oxygen atoms in total. The Morgan fingerprint density at radius 2 is 2.12 bits per heavy atom. The van der Waals surface area contributed by atoms with Gasteiger partial charge in [-0.25, -0.2) is 4.79 Å². The van der Waals surface area contributed by atoms with Gasteiger partial charge in [0.1, 0.15) is 5.37 Å². The number of hydrogen-bond donors (Lipinski definition) is 2. The van der Waals surface area contributed by atoms with Crippen molar-refractivity contribution in [1.29, 1.82) is 0 Å².